The highest BCUT2D eigenvalue weighted by Gasteiger charge is 2.17. The Bertz CT molecular complexity index is 293. The Hall–Kier alpha value is -1.18. The number of rotatable bonds is 4. The molecule has 0 aromatic heterocycles. The monoisotopic (exact) mass is 283 g/mol. The number of piperidine rings is 1. The van der Waals surface area contributed by atoms with Gasteiger partial charge in [0.2, 0.25) is 0 Å². The number of nitrogens with one attached hydrogen (secondary N) is 3. The fraction of sp³-hybridized carbons (Fsp3) is 0.846. The van der Waals surface area contributed by atoms with E-state index in [2.05, 4.69) is 25.8 Å². The highest BCUT2D eigenvalue weighted by molar-refractivity contribution is 6.35. The Labute approximate surface area is 120 Å². The van der Waals surface area contributed by atoms with E-state index in [0.29, 0.717) is 13.3 Å². The molecule has 2 heterocycles. The van der Waals surface area contributed by atoms with Crippen molar-refractivity contribution in [3.63, 3.8) is 0 Å². The lowest BCUT2D eigenvalue weighted by Crippen LogP contribution is -2.51. The number of piperazine rings is 1. The van der Waals surface area contributed by atoms with Crippen LogP contribution >= 0.6 is 0 Å². The molecule has 2 saturated heterocycles. The van der Waals surface area contributed by atoms with E-state index < -0.39 is 11.8 Å². The van der Waals surface area contributed by atoms with Gasteiger partial charge in [0.15, 0.2) is 0 Å². The Morgan fingerprint density at radius 1 is 0.800 bits per heavy atom. The van der Waals surface area contributed by atoms with Crippen molar-refractivity contribution in [2.75, 3.05) is 52.6 Å². The van der Waals surface area contributed by atoms with Gasteiger partial charge in [-0.05, 0) is 25.9 Å². The summed E-state index contributed by atoms with van der Waals surface area (Å²) in [5, 5.41) is 8.60. The van der Waals surface area contributed by atoms with Crippen LogP contribution in [0.4, 0.5) is 0 Å². The second kappa shape index (κ2) is 8.18. The smallest absolute Gasteiger partial charge is 0.310 e. The molecule has 0 radical (unpaired) electrons. The number of carbonyl (C=O) groups is 2. The third-order valence-electron chi connectivity index (χ3n) is 3.79. The summed E-state index contributed by atoms with van der Waals surface area (Å²) in [4.78, 5) is 27.6. The van der Waals surface area contributed by atoms with Gasteiger partial charge in [-0.25, -0.2) is 0 Å². The van der Waals surface area contributed by atoms with Crippen LogP contribution in [0.15, 0.2) is 0 Å². The third-order valence-corrected chi connectivity index (χ3v) is 3.79. The van der Waals surface area contributed by atoms with Crippen LogP contribution in [0.2, 0.25) is 0 Å². The van der Waals surface area contributed by atoms with Crippen molar-refractivity contribution in [1.29, 1.82) is 0 Å². The van der Waals surface area contributed by atoms with Gasteiger partial charge in [-0.15, -0.1) is 0 Å². The Balaban J connectivity index is 1.59. The van der Waals surface area contributed by atoms with Gasteiger partial charge in [-0.3, -0.25) is 19.4 Å². The van der Waals surface area contributed by atoms with E-state index in [1.807, 2.05) is 0 Å². The van der Waals surface area contributed by atoms with E-state index in [-0.39, 0.29) is 0 Å². The SMILES string of the molecule is O=C(NCN1CCCCC1)C(=O)NCN1CCNCC1. The van der Waals surface area contributed by atoms with Crippen molar-refractivity contribution in [2.45, 2.75) is 19.3 Å². The number of nitrogens with zero attached hydrogens (tertiary/aromatic N) is 2. The van der Waals surface area contributed by atoms with Crippen LogP contribution < -0.4 is 16.0 Å². The fourth-order valence-corrected chi connectivity index (χ4v) is 2.51. The number of hydrogen-bond acceptors (Lipinski definition) is 5. The van der Waals surface area contributed by atoms with Crippen LogP contribution in [0.25, 0.3) is 0 Å². The average Bonchev–Trinajstić information content (AvgIpc) is 2.52. The molecule has 2 fully saturated rings. The Morgan fingerprint density at radius 2 is 1.30 bits per heavy atom. The van der Waals surface area contributed by atoms with Gasteiger partial charge in [-0.2, -0.15) is 0 Å². The first-order valence-corrected chi connectivity index (χ1v) is 7.47. The second-order valence-corrected chi connectivity index (χ2v) is 5.37. The van der Waals surface area contributed by atoms with Gasteiger partial charge in [0.05, 0.1) is 13.3 Å². The molecule has 0 unspecified atom stereocenters. The maximum atomic E-state index is 11.7. The van der Waals surface area contributed by atoms with Gasteiger partial charge in [0, 0.05) is 26.2 Å². The van der Waals surface area contributed by atoms with Crippen molar-refractivity contribution in [3.8, 4) is 0 Å². The molecule has 7 nitrogen and oxygen atoms in total. The molecule has 2 rings (SSSR count). The molecule has 0 aromatic carbocycles. The molecule has 0 aromatic rings. The molecule has 2 amide bonds. The molecular formula is C13H25N5O2. The molecule has 0 aliphatic carbocycles. The van der Waals surface area contributed by atoms with Crippen molar-refractivity contribution >= 4 is 11.8 Å². The minimum Gasteiger partial charge on any atom is -0.335 e. The molecule has 0 spiro atoms. The highest BCUT2D eigenvalue weighted by atomic mass is 16.2. The second-order valence-electron chi connectivity index (χ2n) is 5.37. The first kappa shape index (κ1) is 15.2. The first-order valence-electron chi connectivity index (χ1n) is 7.47. The fourth-order valence-electron chi connectivity index (χ4n) is 2.51. The number of likely N-dealkylation sites (tertiary alicyclic amines) is 1. The van der Waals surface area contributed by atoms with Crippen molar-refractivity contribution < 1.29 is 9.59 Å². The van der Waals surface area contributed by atoms with Crippen molar-refractivity contribution in [3.05, 3.63) is 0 Å². The summed E-state index contributed by atoms with van der Waals surface area (Å²) in [6, 6.07) is 0. The quantitative estimate of drug-likeness (QED) is 0.549. The molecule has 3 N–H and O–H groups in total. The van der Waals surface area contributed by atoms with Gasteiger partial charge < -0.3 is 16.0 Å². The van der Waals surface area contributed by atoms with Gasteiger partial charge >= 0.3 is 11.8 Å². The predicted octanol–water partition coefficient (Wildman–Crippen LogP) is -1.48. The minimum absolute atomic E-state index is 0.442. The van der Waals surface area contributed by atoms with E-state index in [0.717, 1.165) is 39.3 Å². The maximum Gasteiger partial charge on any atom is 0.310 e. The summed E-state index contributed by atoms with van der Waals surface area (Å²) in [5.74, 6) is -1.08. The van der Waals surface area contributed by atoms with E-state index in [4.69, 9.17) is 0 Å². The molecule has 20 heavy (non-hydrogen) atoms. The van der Waals surface area contributed by atoms with Crippen molar-refractivity contribution in [2.24, 2.45) is 0 Å². The summed E-state index contributed by atoms with van der Waals surface area (Å²) in [6.45, 7) is 6.57. The molecule has 2 aliphatic heterocycles. The Morgan fingerprint density at radius 3 is 1.85 bits per heavy atom. The summed E-state index contributed by atoms with van der Waals surface area (Å²) in [7, 11) is 0. The lowest BCUT2D eigenvalue weighted by atomic mass is 10.1. The number of hydrogen-bond donors (Lipinski definition) is 3. The molecule has 0 bridgehead atoms. The summed E-state index contributed by atoms with van der Waals surface area (Å²) in [6.07, 6.45) is 3.60. The van der Waals surface area contributed by atoms with Crippen molar-refractivity contribution in [1.82, 2.24) is 25.8 Å². The molecule has 0 atom stereocenters. The van der Waals surface area contributed by atoms with Crippen LogP contribution in [0.5, 0.6) is 0 Å². The highest BCUT2D eigenvalue weighted by Crippen LogP contribution is 2.06. The molecule has 7 heteroatoms. The van der Waals surface area contributed by atoms with Crippen LogP contribution in [0.1, 0.15) is 19.3 Å². The maximum absolute atomic E-state index is 11.7. The van der Waals surface area contributed by atoms with E-state index in [1.165, 1.54) is 19.3 Å². The van der Waals surface area contributed by atoms with Crippen LogP contribution in [-0.2, 0) is 9.59 Å². The zero-order valence-electron chi connectivity index (χ0n) is 12.0. The van der Waals surface area contributed by atoms with Gasteiger partial charge in [0.1, 0.15) is 0 Å². The molecule has 114 valence electrons. The van der Waals surface area contributed by atoms with E-state index in [9.17, 15) is 9.59 Å². The largest absolute Gasteiger partial charge is 0.335 e. The average molecular weight is 283 g/mol. The first-order chi connectivity index (χ1) is 9.75. The van der Waals surface area contributed by atoms with E-state index in [1.54, 1.807) is 0 Å². The standard InChI is InChI=1S/C13H25N5O2/c19-12(15-10-17-6-2-1-3-7-17)13(20)16-11-18-8-4-14-5-9-18/h14H,1-11H2,(H,15,19)(H,16,20). The molecular weight excluding hydrogens is 258 g/mol. The third kappa shape index (κ3) is 5.07. The summed E-state index contributed by atoms with van der Waals surface area (Å²) in [5.41, 5.74) is 0. The molecule has 0 saturated carbocycles. The number of amides is 2. The molecule has 2 aliphatic rings. The van der Waals surface area contributed by atoms with Crippen LogP contribution in [0, 0.1) is 0 Å². The zero-order valence-corrected chi connectivity index (χ0v) is 12.0. The topological polar surface area (TPSA) is 76.7 Å². The van der Waals surface area contributed by atoms with Crippen LogP contribution in [-0.4, -0.2) is 74.2 Å². The van der Waals surface area contributed by atoms with Gasteiger partial charge in [-0.1, -0.05) is 6.42 Å². The van der Waals surface area contributed by atoms with Gasteiger partial charge in [0.25, 0.3) is 0 Å². The minimum atomic E-state index is -0.541. The van der Waals surface area contributed by atoms with Crippen LogP contribution in [0.3, 0.4) is 0 Å². The number of carbonyl (C=O) groups excluding carboxylic acids is 2. The zero-order chi connectivity index (χ0) is 14.2. The predicted molar refractivity (Wildman–Crippen MR) is 75.9 cm³/mol. The summed E-state index contributed by atoms with van der Waals surface area (Å²) >= 11 is 0. The lowest BCUT2D eigenvalue weighted by molar-refractivity contribution is -0.140. The lowest BCUT2D eigenvalue weighted by Gasteiger charge is -2.27. The summed E-state index contributed by atoms with van der Waals surface area (Å²) < 4.78 is 0. The Kier molecular flexibility index (Phi) is 6.23. The normalized spacial score (nSPS) is 21.4. The van der Waals surface area contributed by atoms with E-state index >= 15 is 0 Å².